The third kappa shape index (κ3) is 5.73. The van der Waals surface area contributed by atoms with Crippen molar-refractivity contribution in [3.8, 4) is 5.75 Å². The first-order chi connectivity index (χ1) is 9.88. The summed E-state index contributed by atoms with van der Waals surface area (Å²) in [5.41, 5.74) is 0. The smallest absolute Gasteiger partial charge is 0.322 e. The molecule has 1 aromatic carbocycles. The van der Waals surface area contributed by atoms with Gasteiger partial charge in [-0.1, -0.05) is 13.0 Å². The SMILES string of the molecule is CCNC(CCOc1cccc(S(C)(=O)=O)c1)C(=O)OC. The van der Waals surface area contributed by atoms with Gasteiger partial charge in [0, 0.05) is 12.7 Å². The number of ether oxygens (including phenoxy) is 2. The molecule has 0 bridgehead atoms. The molecule has 0 aliphatic rings. The zero-order valence-electron chi connectivity index (χ0n) is 12.5. The van der Waals surface area contributed by atoms with Crippen LogP contribution in [-0.2, 0) is 19.4 Å². The van der Waals surface area contributed by atoms with E-state index in [9.17, 15) is 13.2 Å². The molecule has 0 aromatic heterocycles. The van der Waals surface area contributed by atoms with Gasteiger partial charge in [-0.2, -0.15) is 0 Å². The summed E-state index contributed by atoms with van der Waals surface area (Å²) in [4.78, 5) is 11.7. The molecule has 0 heterocycles. The molecular formula is C14H21NO5S. The predicted molar refractivity (Wildman–Crippen MR) is 79.1 cm³/mol. The third-order valence-corrected chi connectivity index (χ3v) is 3.96. The largest absolute Gasteiger partial charge is 0.493 e. The molecule has 0 saturated carbocycles. The highest BCUT2D eigenvalue weighted by Crippen LogP contribution is 2.17. The molecule has 6 nitrogen and oxygen atoms in total. The van der Waals surface area contributed by atoms with Crippen LogP contribution < -0.4 is 10.1 Å². The standard InChI is InChI=1S/C14H21NO5S/c1-4-15-13(14(16)19-2)8-9-20-11-6-5-7-12(10-11)21(3,17)18/h5-7,10,13,15H,4,8-9H2,1-3H3. The van der Waals surface area contributed by atoms with Crippen molar-refractivity contribution in [2.45, 2.75) is 24.3 Å². The fourth-order valence-corrected chi connectivity index (χ4v) is 2.44. The number of carbonyl (C=O) groups is 1. The van der Waals surface area contributed by atoms with E-state index in [-0.39, 0.29) is 17.5 Å². The van der Waals surface area contributed by atoms with Crippen LogP contribution >= 0.6 is 0 Å². The quantitative estimate of drug-likeness (QED) is 0.721. The number of esters is 1. The Hall–Kier alpha value is -1.60. The number of benzene rings is 1. The van der Waals surface area contributed by atoms with Crippen LogP contribution in [0, 0.1) is 0 Å². The van der Waals surface area contributed by atoms with E-state index in [1.165, 1.54) is 19.2 Å². The molecule has 21 heavy (non-hydrogen) atoms. The number of hydrogen-bond donors (Lipinski definition) is 1. The molecule has 0 aliphatic heterocycles. The van der Waals surface area contributed by atoms with Crippen molar-refractivity contribution in [1.29, 1.82) is 0 Å². The van der Waals surface area contributed by atoms with Gasteiger partial charge in [0.2, 0.25) is 0 Å². The Labute approximate surface area is 125 Å². The second-order valence-corrected chi connectivity index (χ2v) is 6.53. The summed E-state index contributed by atoms with van der Waals surface area (Å²) in [6.45, 7) is 2.82. The molecule has 0 saturated heterocycles. The molecule has 0 spiro atoms. The Morgan fingerprint density at radius 2 is 2.10 bits per heavy atom. The number of hydrogen-bond acceptors (Lipinski definition) is 6. The van der Waals surface area contributed by atoms with Crippen molar-refractivity contribution < 1.29 is 22.7 Å². The van der Waals surface area contributed by atoms with Crippen LogP contribution in [0.2, 0.25) is 0 Å². The van der Waals surface area contributed by atoms with E-state index < -0.39 is 15.9 Å². The zero-order valence-corrected chi connectivity index (χ0v) is 13.3. The summed E-state index contributed by atoms with van der Waals surface area (Å²) >= 11 is 0. The summed E-state index contributed by atoms with van der Waals surface area (Å²) in [6.07, 6.45) is 1.58. The molecule has 1 unspecified atom stereocenters. The molecule has 0 radical (unpaired) electrons. The average Bonchev–Trinajstić information content (AvgIpc) is 2.45. The van der Waals surface area contributed by atoms with Crippen LogP contribution in [0.3, 0.4) is 0 Å². The lowest BCUT2D eigenvalue weighted by Gasteiger charge is -2.15. The van der Waals surface area contributed by atoms with Crippen LogP contribution in [0.15, 0.2) is 29.2 Å². The maximum atomic E-state index is 11.5. The number of likely N-dealkylation sites (N-methyl/N-ethyl adjacent to an activating group) is 1. The Kier molecular flexibility index (Phi) is 6.64. The van der Waals surface area contributed by atoms with Crippen molar-refractivity contribution in [3.63, 3.8) is 0 Å². The van der Waals surface area contributed by atoms with Gasteiger partial charge >= 0.3 is 5.97 Å². The van der Waals surface area contributed by atoms with Gasteiger partial charge in [-0.3, -0.25) is 4.79 Å². The fourth-order valence-electron chi connectivity index (χ4n) is 1.78. The van der Waals surface area contributed by atoms with E-state index in [2.05, 4.69) is 5.32 Å². The monoisotopic (exact) mass is 315 g/mol. The molecule has 0 aliphatic carbocycles. The van der Waals surface area contributed by atoms with Crippen molar-refractivity contribution in [2.24, 2.45) is 0 Å². The molecule has 1 rings (SSSR count). The van der Waals surface area contributed by atoms with E-state index in [1.807, 2.05) is 6.92 Å². The van der Waals surface area contributed by atoms with Crippen LogP contribution in [0.4, 0.5) is 0 Å². The molecule has 0 amide bonds. The van der Waals surface area contributed by atoms with Crippen LogP contribution in [0.5, 0.6) is 5.75 Å². The van der Waals surface area contributed by atoms with Gasteiger partial charge in [0.05, 0.1) is 18.6 Å². The van der Waals surface area contributed by atoms with E-state index in [4.69, 9.17) is 9.47 Å². The fraction of sp³-hybridized carbons (Fsp3) is 0.500. The number of nitrogens with one attached hydrogen (secondary N) is 1. The van der Waals surface area contributed by atoms with Crippen molar-refractivity contribution in [2.75, 3.05) is 26.5 Å². The number of sulfone groups is 1. The van der Waals surface area contributed by atoms with E-state index in [0.29, 0.717) is 18.7 Å². The van der Waals surface area contributed by atoms with Gasteiger partial charge in [-0.05, 0) is 24.7 Å². The highest BCUT2D eigenvalue weighted by molar-refractivity contribution is 7.90. The highest BCUT2D eigenvalue weighted by atomic mass is 32.2. The van der Waals surface area contributed by atoms with E-state index in [1.54, 1.807) is 12.1 Å². The molecule has 118 valence electrons. The maximum Gasteiger partial charge on any atom is 0.322 e. The molecule has 7 heteroatoms. The molecule has 1 aromatic rings. The normalized spacial score (nSPS) is 12.7. The summed E-state index contributed by atoms with van der Waals surface area (Å²) in [7, 11) is -1.92. The molecular weight excluding hydrogens is 294 g/mol. The van der Waals surface area contributed by atoms with Gasteiger partial charge in [0.1, 0.15) is 11.8 Å². The summed E-state index contributed by atoms with van der Waals surface area (Å²) < 4.78 is 33.1. The zero-order chi connectivity index (χ0) is 15.9. The van der Waals surface area contributed by atoms with Gasteiger partial charge in [0.15, 0.2) is 9.84 Å². The maximum absolute atomic E-state index is 11.5. The minimum atomic E-state index is -3.26. The van der Waals surface area contributed by atoms with Crippen molar-refractivity contribution in [1.82, 2.24) is 5.32 Å². The minimum Gasteiger partial charge on any atom is -0.493 e. The van der Waals surface area contributed by atoms with Crippen molar-refractivity contribution in [3.05, 3.63) is 24.3 Å². The van der Waals surface area contributed by atoms with Crippen LogP contribution in [-0.4, -0.2) is 46.9 Å². The lowest BCUT2D eigenvalue weighted by Crippen LogP contribution is -2.38. The number of methoxy groups -OCH3 is 1. The molecule has 1 N–H and O–H groups in total. The third-order valence-electron chi connectivity index (χ3n) is 2.85. The lowest BCUT2D eigenvalue weighted by molar-refractivity contribution is -0.143. The Morgan fingerprint density at radius 1 is 1.38 bits per heavy atom. The first-order valence-electron chi connectivity index (χ1n) is 6.62. The topological polar surface area (TPSA) is 81.7 Å². The first kappa shape index (κ1) is 17.5. The Bertz CT molecular complexity index is 570. The summed E-state index contributed by atoms with van der Waals surface area (Å²) in [5, 5.41) is 3.00. The molecule has 1 atom stereocenters. The predicted octanol–water partition coefficient (Wildman–Crippen LogP) is 1.01. The van der Waals surface area contributed by atoms with Crippen LogP contribution in [0.1, 0.15) is 13.3 Å². The summed E-state index contributed by atoms with van der Waals surface area (Å²) in [6, 6.07) is 5.84. The molecule has 0 fully saturated rings. The van der Waals surface area contributed by atoms with E-state index >= 15 is 0 Å². The van der Waals surface area contributed by atoms with Gasteiger partial charge in [-0.25, -0.2) is 8.42 Å². The van der Waals surface area contributed by atoms with Gasteiger partial charge in [0.25, 0.3) is 0 Å². The second kappa shape index (κ2) is 7.99. The average molecular weight is 315 g/mol. The van der Waals surface area contributed by atoms with Crippen molar-refractivity contribution >= 4 is 15.8 Å². The van der Waals surface area contributed by atoms with E-state index in [0.717, 1.165) is 6.26 Å². The van der Waals surface area contributed by atoms with Gasteiger partial charge < -0.3 is 14.8 Å². The second-order valence-electron chi connectivity index (χ2n) is 4.52. The first-order valence-corrected chi connectivity index (χ1v) is 8.51. The van der Waals surface area contributed by atoms with Crippen LogP contribution in [0.25, 0.3) is 0 Å². The highest BCUT2D eigenvalue weighted by Gasteiger charge is 2.17. The van der Waals surface area contributed by atoms with Gasteiger partial charge in [-0.15, -0.1) is 0 Å². The lowest BCUT2D eigenvalue weighted by atomic mass is 10.2. The summed E-state index contributed by atoms with van der Waals surface area (Å²) in [5.74, 6) is 0.114. The number of rotatable bonds is 8. The Morgan fingerprint density at radius 3 is 2.67 bits per heavy atom. The Balaban J connectivity index is 2.61. The minimum absolute atomic E-state index is 0.205. The number of carbonyl (C=O) groups excluding carboxylic acids is 1.